The van der Waals surface area contributed by atoms with Gasteiger partial charge >= 0.3 is 0 Å². The van der Waals surface area contributed by atoms with Gasteiger partial charge in [0.2, 0.25) is 0 Å². The molecule has 1 aromatic carbocycles. The molecule has 3 N–H and O–H groups in total. The first-order valence-corrected chi connectivity index (χ1v) is 6.31. The van der Waals surface area contributed by atoms with Gasteiger partial charge in [-0.1, -0.05) is 30.3 Å². The molecule has 2 aromatic rings. The average Bonchev–Trinajstić information content (AvgIpc) is 2.72. The Hall–Kier alpha value is -1.32. The Kier molecular flexibility index (Phi) is 3.97. The van der Waals surface area contributed by atoms with Gasteiger partial charge < -0.3 is 11.1 Å². The molecule has 16 heavy (non-hydrogen) atoms. The van der Waals surface area contributed by atoms with Gasteiger partial charge in [-0.15, -0.1) is 11.3 Å². The Balaban J connectivity index is 1.72. The highest BCUT2D eigenvalue weighted by atomic mass is 32.1. The van der Waals surface area contributed by atoms with Gasteiger partial charge in [0, 0.05) is 17.1 Å². The maximum atomic E-state index is 5.80. The molecule has 0 fully saturated rings. The summed E-state index contributed by atoms with van der Waals surface area (Å²) in [6.45, 7) is 1.86. The Morgan fingerprint density at radius 1 is 1.12 bits per heavy atom. The molecule has 0 spiro atoms. The number of anilines is 1. The van der Waals surface area contributed by atoms with Crippen LogP contribution in [0.2, 0.25) is 0 Å². The Morgan fingerprint density at radius 3 is 2.62 bits per heavy atom. The molecule has 84 valence electrons. The van der Waals surface area contributed by atoms with Gasteiger partial charge in [-0.05, 0) is 30.0 Å². The zero-order valence-electron chi connectivity index (χ0n) is 9.15. The first kappa shape index (κ1) is 11.2. The van der Waals surface area contributed by atoms with Crippen molar-refractivity contribution < 1.29 is 0 Å². The van der Waals surface area contributed by atoms with Crippen molar-refractivity contribution in [1.29, 1.82) is 0 Å². The first-order valence-electron chi connectivity index (χ1n) is 5.43. The Bertz CT molecular complexity index is 423. The number of benzene rings is 1. The molecule has 0 saturated carbocycles. The van der Waals surface area contributed by atoms with Gasteiger partial charge in [0.25, 0.3) is 0 Å². The predicted molar refractivity (Wildman–Crippen MR) is 70.6 cm³/mol. The van der Waals surface area contributed by atoms with E-state index >= 15 is 0 Å². The molecule has 2 rings (SSSR count). The summed E-state index contributed by atoms with van der Waals surface area (Å²) in [6.07, 6.45) is 1.06. The molecule has 0 amide bonds. The molecule has 3 heteroatoms. The van der Waals surface area contributed by atoms with Crippen molar-refractivity contribution in [2.45, 2.75) is 13.0 Å². The second-order valence-corrected chi connectivity index (χ2v) is 4.71. The van der Waals surface area contributed by atoms with E-state index in [9.17, 15) is 0 Å². The number of thiophene rings is 1. The molecular formula is C13H16N2S. The van der Waals surface area contributed by atoms with Gasteiger partial charge in [0.1, 0.15) is 0 Å². The third kappa shape index (κ3) is 3.08. The highest BCUT2D eigenvalue weighted by Gasteiger charge is 1.99. The molecule has 1 aromatic heterocycles. The molecule has 2 nitrogen and oxygen atoms in total. The standard InChI is InChI=1S/C13H16N2S/c14-12-7-9-16-13(12)10-15-8-6-11-4-2-1-3-5-11/h1-5,7,9,15H,6,8,10,14H2. The lowest BCUT2D eigenvalue weighted by Gasteiger charge is -2.04. The molecule has 0 unspecified atom stereocenters. The minimum absolute atomic E-state index is 0.871. The van der Waals surface area contributed by atoms with E-state index in [0.29, 0.717) is 0 Å². The van der Waals surface area contributed by atoms with Crippen LogP contribution in [-0.4, -0.2) is 6.54 Å². The van der Waals surface area contributed by atoms with Crippen molar-refractivity contribution in [1.82, 2.24) is 5.32 Å². The number of nitrogens with one attached hydrogen (secondary N) is 1. The SMILES string of the molecule is Nc1ccsc1CNCCc1ccccc1. The topological polar surface area (TPSA) is 38.0 Å². The normalized spacial score (nSPS) is 10.5. The average molecular weight is 232 g/mol. The third-order valence-corrected chi connectivity index (χ3v) is 3.44. The van der Waals surface area contributed by atoms with E-state index in [0.717, 1.165) is 25.2 Å². The zero-order chi connectivity index (χ0) is 11.2. The van der Waals surface area contributed by atoms with Gasteiger partial charge in [-0.3, -0.25) is 0 Å². The van der Waals surface area contributed by atoms with E-state index in [-0.39, 0.29) is 0 Å². The van der Waals surface area contributed by atoms with Crippen LogP contribution in [0.3, 0.4) is 0 Å². The molecule has 0 atom stereocenters. The van der Waals surface area contributed by atoms with E-state index < -0.39 is 0 Å². The quantitative estimate of drug-likeness (QED) is 0.778. The van der Waals surface area contributed by atoms with Crippen molar-refractivity contribution in [3.63, 3.8) is 0 Å². The fourth-order valence-electron chi connectivity index (χ4n) is 1.57. The van der Waals surface area contributed by atoms with E-state index in [1.807, 2.05) is 17.5 Å². The lowest BCUT2D eigenvalue weighted by molar-refractivity contribution is 0.694. The summed E-state index contributed by atoms with van der Waals surface area (Å²) in [5.41, 5.74) is 8.07. The summed E-state index contributed by atoms with van der Waals surface area (Å²) >= 11 is 1.71. The van der Waals surface area contributed by atoms with Crippen molar-refractivity contribution in [2.75, 3.05) is 12.3 Å². The number of hydrogen-bond donors (Lipinski definition) is 2. The van der Waals surface area contributed by atoms with Crippen molar-refractivity contribution in [3.8, 4) is 0 Å². The molecule has 0 aliphatic rings. The van der Waals surface area contributed by atoms with Gasteiger partial charge in [0.15, 0.2) is 0 Å². The molecule has 0 bridgehead atoms. The minimum atomic E-state index is 0.871. The lowest BCUT2D eigenvalue weighted by Crippen LogP contribution is -2.16. The number of hydrogen-bond acceptors (Lipinski definition) is 3. The van der Waals surface area contributed by atoms with Crippen LogP contribution >= 0.6 is 11.3 Å². The van der Waals surface area contributed by atoms with E-state index in [2.05, 4.69) is 29.6 Å². The summed E-state index contributed by atoms with van der Waals surface area (Å²) in [4.78, 5) is 1.23. The summed E-state index contributed by atoms with van der Waals surface area (Å²) in [5, 5.41) is 5.44. The van der Waals surface area contributed by atoms with Crippen molar-refractivity contribution >= 4 is 17.0 Å². The monoisotopic (exact) mass is 232 g/mol. The van der Waals surface area contributed by atoms with Crippen LogP contribution in [0.15, 0.2) is 41.8 Å². The van der Waals surface area contributed by atoms with Gasteiger partial charge in [-0.2, -0.15) is 0 Å². The highest BCUT2D eigenvalue weighted by molar-refractivity contribution is 7.10. The highest BCUT2D eigenvalue weighted by Crippen LogP contribution is 2.17. The summed E-state index contributed by atoms with van der Waals surface area (Å²) < 4.78 is 0. The summed E-state index contributed by atoms with van der Waals surface area (Å²) in [6, 6.07) is 12.5. The van der Waals surface area contributed by atoms with Crippen LogP contribution in [-0.2, 0) is 13.0 Å². The molecule has 0 aliphatic carbocycles. The Labute approximate surface area is 100 Å². The van der Waals surface area contributed by atoms with Gasteiger partial charge in [-0.25, -0.2) is 0 Å². The molecule has 0 saturated heterocycles. The van der Waals surface area contributed by atoms with E-state index in [1.54, 1.807) is 11.3 Å². The molecule has 1 heterocycles. The number of nitrogen functional groups attached to an aromatic ring is 1. The Morgan fingerprint density at radius 2 is 1.94 bits per heavy atom. The first-order chi connectivity index (χ1) is 7.86. The maximum Gasteiger partial charge on any atom is 0.0468 e. The van der Waals surface area contributed by atoms with Crippen LogP contribution in [0.5, 0.6) is 0 Å². The van der Waals surface area contributed by atoms with E-state index in [4.69, 9.17) is 5.73 Å². The van der Waals surface area contributed by atoms with Crippen LogP contribution in [0.1, 0.15) is 10.4 Å². The second-order valence-electron chi connectivity index (χ2n) is 3.71. The fraction of sp³-hybridized carbons (Fsp3) is 0.231. The van der Waals surface area contributed by atoms with E-state index in [1.165, 1.54) is 10.4 Å². The summed E-state index contributed by atoms with van der Waals surface area (Å²) in [5.74, 6) is 0. The van der Waals surface area contributed by atoms with Gasteiger partial charge in [0.05, 0.1) is 0 Å². The van der Waals surface area contributed by atoms with Crippen LogP contribution in [0, 0.1) is 0 Å². The van der Waals surface area contributed by atoms with Crippen LogP contribution < -0.4 is 11.1 Å². The number of nitrogens with two attached hydrogens (primary N) is 1. The fourth-order valence-corrected chi connectivity index (χ4v) is 2.34. The van der Waals surface area contributed by atoms with Crippen LogP contribution in [0.25, 0.3) is 0 Å². The minimum Gasteiger partial charge on any atom is -0.398 e. The second kappa shape index (κ2) is 5.68. The van der Waals surface area contributed by atoms with Crippen LogP contribution in [0.4, 0.5) is 5.69 Å². The molecular weight excluding hydrogens is 216 g/mol. The third-order valence-electron chi connectivity index (χ3n) is 2.50. The maximum absolute atomic E-state index is 5.80. The smallest absolute Gasteiger partial charge is 0.0468 e. The number of rotatable bonds is 5. The molecule has 0 radical (unpaired) electrons. The predicted octanol–water partition coefficient (Wildman–Crippen LogP) is 2.66. The molecule has 0 aliphatic heterocycles. The van der Waals surface area contributed by atoms with Crippen molar-refractivity contribution in [2.24, 2.45) is 0 Å². The lowest BCUT2D eigenvalue weighted by atomic mass is 10.1. The van der Waals surface area contributed by atoms with Crippen molar-refractivity contribution in [3.05, 3.63) is 52.2 Å². The zero-order valence-corrected chi connectivity index (χ0v) is 9.96. The summed E-state index contributed by atoms with van der Waals surface area (Å²) in [7, 11) is 0. The largest absolute Gasteiger partial charge is 0.398 e.